The third-order valence-corrected chi connectivity index (χ3v) is 7.76. The van der Waals surface area contributed by atoms with E-state index in [1.807, 2.05) is 25.2 Å². The summed E-state index contributed by atoms with van der Waals surface area (Å²) < 4.78 is 0. The van der Waals surface area contributed by atoms with Crippen LogP contribution in [0.3, 0.4) is 0 Å². The molecule has 6 heteroatoms. The van der Waals surface area contributed by atoms with Crippen molar-refractivity contribution in [2.45, 2.75) is 51.4 Å². The van der Waals surface area contributed by atoms with Gasteiger partial charge in [-0.15, -0.1) is 12.4 Å². The maximum absolute atomic E-state index is 12.9. The number of amides is 1. The van der Waals surface area contributed by atoms with Crippen molar-refractivity contribution in [2.24, 2.45) is 23.2 Å². The van der Waals surface area contributed by atoms with E-state index in [4.69, 9.17) is 11.6 Å². The summed E-state index contributed by atoms with van der Waals surface area (Å²) in [4.78, 5) is 12.9. The third-order valence-electron chi connectivity index (χ3n) is 7.44. The van der Waals surface area contributed by atoms with Crippen LogP contribution < -0.4 is 16.0 Å². The van der Waals surface area contributed by atoms with Gasteiger partial charge in [0.05, 0.1) is 10.6 Å². The normalized spacial score (nSPS) is 28.9. The number of hydrogen-bond donors (Lipinski definition) is 3. The van der Waals surface area contributed by atoms with Crippen molar-refractivity contribution in [2.75, 3.05) is 33.2 Å². The lowest BCUT2D eigenvalue weighted by atomic mass is 9.49. The Labute approximate surface area is 192 Å². The highest BCUT2D eigenvalue weighted by atomic mass is 35.5. The quantitative estimate of drug-likeness (QED) is 0.458. The number of aryl methyl sites for hydroxylation is 1. The minimum Gasteiger partial charge on any atom is -0.351 e. The van der Waals surface area contributed by atoms with Crippen molar-refractivity contribution in [1.82, 2.24) is 16.0 Å². The summed E-state index contributed by atoms with van der Waals surface area (Å²) in [5.74, 6) is 2.73. The molecule has 4 nitrogen and oxygen atoms in total. The van der Waals surface area contributed by atoms with E-state index in [1.165, 1.54) is 44.1 Å². The van der Waals surface area contributed by atoms with Gasteiger partial charge >= 0.3 is 0 Å². The van der Waals surface area contributed by atoms with Crippen LogP contribution in [0.2, 0.25) is 5.02 Å². The fourth-order valence-electron chi connectivity index (χ4n) is 6.53. The standard InChI is InChI=1S/C24H36ClN3O.ClH/c1-26-7-8-27-6-2-3-17-4-5-22(25)21(12-17)23(29)28-16-24-13-18-9-19(14-24)11-20(10-18)15-24;/h4-5,12,18-20,26-27H,2-3,6-11,13-16H2,1H3,(H,28,29);1H. The first kappa shape index (κ1) is 23.8. The molecular weight excluding hydrogens is 417 g/mol. The van der Waals surface area contributed by atoms with Crippen LogP contribution in [0.25, 0.3) is 0 Å². The third kappa shape index (κ3) is 5.70. The van der Waals surface area contributed by atoms with Crippen LogP contribution >= 0.6 is 24.0 Å². The van der Waals surface area contributed by atoms with E-state index in [0.717, 1.165) is 56.8 Å². The summed E-state index contributed by atoms with van der Waals surface area (Å²) in [6.45, 7) is 3.77. The fourth-order valence-corrected chi connectivity index (χ4v) is 6.73. The molecule has 30 heavy (non-hydrogen) atoms. The first-order valence-electron chi connectivity index (χ1n) is 11.5. The second-order valence-corrected chi connectivity index (χ2v) is 10.3. The summed E-state index contributed by atoms with van der Waals surface area (Å²) in [6, 6.07) is 5.92. The Morgan fingerprint density at radius 2 is 1.73 bits per heavy atom. The number of hydrogen-bond acceptors (Lipinski definition) is 3. The summed E-state index contributed by atoms with van der Waals surface area (Å²) in [5, 5.41) is 10.4. The molecule has 1 amide bonds. The van der Waals surface area contributed by atoms with Crippen LogP contribution in [0.5, 0.6) is 0 Å². The lowest BCUT2D eigenvalue weighted by Gasteiger charge is -2.56. The number of likely N-dealkylation sites (N-methyl/N-ethyl adjacent to an activating group) is 1. The molecule has 0 aliphatic heterocycles. The molecule has 168 valence electrons. The van der Waals surface area contributed by atoms with E-state index >= 15 is 0 Å². The number of carbonyl (C=O) groups excluding carboxylic acids is 1. The topological polar surface area (TPSA) is 53.2 Å². The van der Waals surface area contributed by atoms with Crippen molar-refractivity contribution in [3.63, 3.8) is 0 Å². The molecule has 0 heterocycles. The molecule has 1 aromatic carbocycles. The highest BCUT2D eigenvalue weighted by Crippen LogP contribution is 2.59. The van der Waals surface area contributed by atoms with E-state index in [0.29, 0.717) is 16.0 Å². The molecule has 5 rings (SSSR count). The zero-order valence-corrected chi connectivity index (χ0v) is 19.7. The Morgan fingerprint density at radius 3 is 2.37 bits per heavy atom. The molecule has 0 saturated heterocycles. The van der Waals surface area contributed by atoms with Gasteiger partial charge in [-0.3, -0.25) is 4.79 Å². The van der Waals surface area contributed by atoms with Crippen molar-refractivity contribution in [3.05, 3.63) is 34.3 Å². The predicted molar refractivity (Wildman–Crippen MR) is 127 cm³/mol. The Bertz CT molecular complexity index is 689. The Morgan fingerprint density at radius 1 is 1.07 bits per heavy atom. The molecule has 3 N–H and O–H groups in total. The molecular formula is C24H37Cl2N3O. The zero-order valence-electron chi connectivity index (χ0n) is 18.1. The second kappa shape index (κ2) is 10.7. The van der Waals surface area contributed by atoms with Gasteiger partial charge in [0, 0.05) is 19.6 Å². The SMILES string of the molecule is CNCCNCCCc1ccc(Cl)c(C(=O)NCC23CC4CC(CC(C4)C2)C3)c1.Cl. The molecule has 0 unspecified atom stereocenters. The summed E-state index contributed by atoms with van der Waals surface area (Å²) in [7, 11) is 1.96. The Hall–Kier alpha value is -0.810. The van der Waals surface area contributed by atoms with Crippen molar-refractivity contribution < 1.29 is 4.79 Å². The summed E-state index contributed by atoms with van der Waals surface area (Å²) >= 11 is 6.38. The second-order valence-electron chi connectivity index (χ2n) is 9.87. The molecule has 1 aromatic rings. The average molecular weight is 454 g/mol. The van der Waals surface area contributed by atoms with E-state index < -0.39 is 0 Å². The number of carbonyl (C=O) groups is 1. The van der Waals surface area contributed by atoms with Gasteiger partial charge in [-0.1, -0.05) is 17.7 Å². The average Bonchev–Trinajstić information content (AvgIpc) is 2.69. The molecule has 0 aromatic heterocycles. The van der Waals surface area contributed by atoms with Gasteiger partial charge in [0.1, 0.15) is 0 Å². The molecule has 0 radical (unpaired) electrons. The highest BCUT2D eigenvalue weighted by molar-refractivity contribution is 6.33. The Balaban J connectivity index is 0.00000256. The summed E-state index contributed by atoms with van der Waals surface area (Å²) in [6.07, 6.45) is 10.3. The number of halogens is 2. The highest BCUT2D eigenvalue weighted by Gasteiger charge is 2.50. The number of rotatable bonds is 10. The molecule has 4 aliphatic rings. The fraction of sp³-hybridized carbons (Fsp3) is 0.708. The lowest BCUT2D eigenvalue weighted by molar-refractivity contribution is -0.0503. The van der Waals surface area contributed by atoms with Crippen LogP contribution in [0, 0.1) is 23.2 Å². The zero-order chi connectivity index (χ0) is 20.3. The van der Waals surface area contributed by atoms with Gasteiger partial charge in [0.25, 0.3) is 5.91 Å². The maximum atomic E-state index is 12.9. The summed E-state index contributed by atoms with van der Waals surface area (Å²) in [5.41, 5.74) is 2.18. The number of nitrogens with one attached hydrogen (secondary N) is 3. The van der Waals surface area contributed by atoms with Crippen molar-refractivity contribution in [3.8, 4) is 0 Å². The monoisotopic (exact) mass is 453 g/mol. The molecule has 0 spiro atoms. The van der Waals surface area contributed by atoms with E-state index in [9.17, 15) is 4.79 Å². The van der Waals surface area contributed by atoms with Gasteiger partial charge in [-0.2, -0.15) is 0 Å². The molecule has 4 bridgehead atoms. The van der Waals surface area contributed by atoms with Crippen LogP contribution in [-0.2, 0) is 6.42 Å². The minimum absolute atomic E-state index is 0. The number of benzene rings is 1. The largest absolute Gasteiger partial charge is 0.351 e. The van der Waals surface area contributed by atoms with E-state index in [1.54, 1.807) is 0 Å². The molecule has 4 saturated carbocycles. The van der Waals surface area contributed by atoms with E-state index in [-0.39, 0.29) is 18.3 Å². The smallest absolute Gasteiger partial charge is 0.252 e. The van der Waals surface area contributed by atoms with Gasteiger partial charge in [0.2, 0.25) is 0 Å². The van der Waals surface area contributed by atoms with Crippen molar-refractivity contribution >= 4 is 29.9 Å². The van der Waals surface area contributed by atoms with Crippen LogP contribution in [-0.4, -0.2) is 39.1 Å². The first-order valence-corrected chi connectivity index (χ1v) is 11.9. The van der Waals surface area contributed by atoms with E-state index in [2.05, 4.69) is 16.0 Å². The first-order chi connectivity index (χ1) is 14.1. The van der Waals surface area contributed by atoms with Gasteiger partial charge in [-0.05, 0) is 106 Å². The van der Waals surface area contributed by atoms with Crippen LogP contribution in [0.1, 0.15) is 60.9 Å². The van der Waals surface area contributed by atoms with Crippen molar-refractivity contribution in [1.29, 1.82) is 0 Å². The van der Waals surface area contributed by atoms with Gasteiger partial charge in [-0.25, -0.2) is 0 Å². The Kier molecular flexibility index (Phi) is 8.48. The maximum Gasteiger partial charge on any atom is 0.252 e. The molecule has 4 aliphatic carbocycles. The minimum atomic E-state index is -0.000240. The van der Waals surface area contributed by atoms with Gasteiger partial charge in [0.15, 0.2) is 0 Å². The van der Waals surface area contributed by atoms with Gasteiger partial charge < -0.3 is 16.0 Å². The lowest BCUT2D eigenvalue weighted by Crippen LogP contribution is -2.51. The van der Waals surface area contributed by atoms with Crippen LogP contribution in [0.15, 0.2) is 18.2 Å². The predicted octanol–water partition coefficient (Wildman–Crippen LogP) is 4.45. The van der Waals surface area contributed by atoms with Crippen LogP contribution in [0.4, 0.5) is 0 Å². The molecule has 0 atom stereocenters. The molecule has 4 fully saturated rings.